The lowest BCUT2D eigenvalue weighted by molar-refractivity contribution is 0.313. The second-order valence-corrected chi connectivity index (χ2v) is 5.61. The van der Waals surface area contributed by atoms with Crippen LogP contribution in [0.4, 0.5) is 0 Å². The Balaban J connectivity index is 1.85. The van der Waals surface area contributed by atoms with Gasteiger partial charge in [0.1, 0.15) is 5.75 Å². The van der Waals surface area contributed by atoms with E-state index in [2.05, 4.69) is 52.7 Å². The maximum atomic E-state index is 5.85. The normalized spacial score (nSPS) is 11.4. The van der Waals surface area contributed by atoms with Crippen molar-refractivity contribution < 1.29 is 4.74 Å². The van der Waals surface area contributed by atoms with Gasteiger partial charge in [0.25, 0.3) is 0 Å². The van der Waals surface area contributed by atoms with Gasteiger partial charge in [-0.3, -0.25) is 4.99 Å². The number of aliphatic imine (C=N–C) groups is 1. The molecule has 2 aromatic rings. The van der Waals surface area contributed by atoms with Crippen molar-refractivity contribution in [1.29, 1.82) is 0 Å². The van der Waals surface area contributed by atoms with Gasteiger partial charge in [0, 0.05) is 44.6 Å². The Hall–Kier alpha value is -2.50. The summed E-state index contributed by atoms with van der Waals surface area (Å²) in [5.41, 5.74) is 2.33. The number of nitrogens with one attached hydrogen (secondary N) is 2. The van der Waals surface area contributed by atoms with E-state index in [1.165, 1.54) is 5.56 Å². The molecular weight excluding hydrogens is 302 g/mol. The van der Waals surface area contributed by atoms with E-state index < -0.39 is 0 Å². The summed E-state index contributed by atoms with van der Waals surface area (Å²) in [4.78, 5) is 8.29. The van der Waals surface area contributed by atoms with Gasteiger partial charge in [-0.25, -0.2) is 4.98 Å². The Kier molecular flexibility index (Phi) is 7.14. The summed E-state index contributed by atoms with van der Waals surface area (Å²) in [6.07, 6.45) is 6.53. The zero-order valence-electron chi connectivity index (χ0n) is 14.7. The number of aryl methyl sites for hydroxylation is 1. The number of ether oxygens (including phenoxy) is 1. The van der Waals surface area contributed by atoms with Crippen molar-refractivity contribution in [3.63, 3.8) is 0 Å². The maximum Gasteiger partial charge on any atom is 0.191 e. The third kappa shape index (κ3) is 5.61. The van der Waals surface area contributed by atoms with Crippen molar-refractivity contribution in [3.05, 3.63) is 48.0 Å². The van der Waals surface area contributed by atoms with Crippen LogP contribution >= 0.6 is 0 Å². The first kappa shape index (κ1) is 17.8. The minimum absolute atomic E-state index is 0.671. The molecular formula is C18H27N5O. The van der Waals surface area contributed by atoms with Crippen LogP contribution in [0, 0.1) is 6.92 Å². The molecule has 2 N–H and O–H groups in total. The molecule has 24 heavy (non-hydrogen) atoms. The molecule has 2 rings (SSSR count). The second-order valence-electron chi connectivity index (χ2n) is 5.61. The lowest BCUT2D eigenvalue weighted by atomic mass is 10.1. The van der Waals surface area contributed by atoms with Crippen molar-refractivity contribution in [1.82, 2.24) is 20.2 Å². The van der Waals surface area contributed by atoms with E-state index in [9.17, 15) is 0 Å². The summed E-state index contributed by atoms with van der Waals surface area (Å²) in [5.74, 6) is 1.72. The predicted octanol–water partition coefficient (Wildman–Crippen LogP) is 2.35. The van der Waals surface area contributed by atoms with E-state index in [0.29, 0.717) is 6.54 Å². The number of nitrogens with zero attached hydrogens (tertiary/aromatic N) is 3. The van der Waals surface area contributed by atoms with Gasteiger partial charge in [0.2, 0.25) is 0 Å². The molecule has 0 bridgehead atoms. The Morgan fingerprint density at radius 1 is 1.33 bits per heavy atom. The highest BCUT2D eigenvalue weighted by Gasteiger charge is 2.05. The molecule has 130 valence electrons. The number of hydrogen-bond acceptors (Lipinski definition) is 3. The molecule has 1 aromatic carbocycles. The molecule has 0 saturated carbocycles. The van der Waals surface area contributed by atoms with Crippen LogP contribution < -0.4 is 15.4 Å². The van der Waals surface area contributed by atoms with Crippen LogP contribution in [0.1, 0.15) is 24.5 Å². The Labute approximate surface area is 144 Å². The monoisotopic (exact) mass is 329 g/mol. The van der Waals surface area contributed by atoms with Gasteiger partial charge in [0.15, 0.2) is 5.96 Å². The fourth-order valence-corrected chi connectivity index (χ4v) is 2.28. The number of imidazole rings is 1. The molecule has 0 unspecified atom stereocenters. The topological polar surface area (TPSA) is 63.5 Å². The molecule has 0 saturated heterocycles. The van der Waals surface area contributed by atoms with Crippen LogP contribution in [0.2, 0.25) is 0 Å². The smallest absolute Gasteiger partial charge is 0.191 e. The fourth-order valence-electron chi connectivity index (χ4n) is 2.28. The molecule has 0 aliphatic heterocycles. The molecule has 0 radical (unpaired) electrons. The number of aromatic nitrogens is 2. The summed E-state index contributed by atoms with van der Waals surface area (Å²) < 4.78 is 7.88. The maximum absolute atomic E-state index is 5.85. The largest absolute Gasteiger partial charge is 0.493 e. The quantitative estimate of drug-likeness (QED) is 0.576. The first-order chi connectivity index (χ1) is 11.7. The highest BCUT2D eigenvalue weighted by molar-refractivity contribution is 5.79. The van der Waals surface area contributed by atoms with E-state index in [1.54, 1.807) is 13.2 Å². The highest BCUT2D eigenvalue weighted by atomic mass is 16.5. The molecule has 0 aliphatic rings. The predicted molar refractivity (Wildman–Crippen MR) is 97.4 cm³/mol. The molecule has 0 amide bonds. The van der Waals surface area contributed by atoms with Crippen LogP contribution in [-0.2, 0) is 13.1 Å². The summed E-state index contributed by atoms with van der Waals surface area (Å²) in [6, 6.07) is 6.29. The molecule has 6 nitrogen and oxygen atoms in total. The van der Waals surface area contributed by atoms with Crippen LogP contribution in [0.25, 0.3) is 0 Å². The van der Waals surface area contributed by atoms with Gasteiger partial charge in [0.05, 0.1) is 12.9 Å². The summed E-state index contributed by atoms with van der Waals surface area (Å²) >= 11 is 0. The van der Waals surface area contributed by atoms with E-state index in [0.717, 1.165) is 43.4 Å². The van der Waals surface area contributed by atoms with Crippen molar-refractivity contribution in [2.24, 2.45) is 4.99 Å². The Bertz CT molecular complexity index is 637. The number of hydrogen-bond donors (Lipinski definition) is 2. The van der Waals surface area contributed by atoms with Gasteiger partial charge in [-0.15, -0.1) is 0 Å². The average Bonchev–Trinajstić information content (AvgIpc) is 3.10. The summed E-state index contributed by atoms with van der Waals surface area (Å²) in [6.45, 7) is 7.21. The molecule has 1 aromatic heterocycles. The van der Waals surface area contributed by atoms with E-state index in [4.69, 9.17) is 4.74 Å². The lowest BCUT2D eigenvalue weighted by Crippen LogP contribution is -2.38. The Morgan fingerprint density at radius 3 is 2.92 bits per heavy atom. The zero-order valence-corrected chi connectivity index (χ0v) is 14.7. The van der Waals surface area contributed by atoms with Crippen molar-refractivity contribution >= 4 is 5.96 Å². The highest BCUT2D eigenvalue weighted by Crippen LogP contribution is 2.20. The number of rotatable bonds is 8. The number of guanidine groups is 1. The molecule has 1 heterocycles. The molecule has 0 aliphatic carbocycles. The van der Waals surface area contributed by atoms with Gasteiger partial charge in [-0.05, 0) is 25.0 Å². The first-order valence-corrected chi connectivity index (χ1v) is 8.35. The van der Waals surface area contributed by atoms with Crippen molar-refractivity contribution in [3.8, 4) is 5.75 Å². The van der Waals surface area contributed by atoms with Crippen LogP contribution in [0.15, 0.2) is 41.9 Å². The van der Waals surface area contributed by atoms with Gasteiger partial charge >= 0.3 is 0 Å². The second kappa shape index (κ2) is 9.60. The third-order valence-corrected chi connectivity index (χ3v) is 3.58. The van der Waals surface area contributed by atoms with Gasteiger partial charge < -0.3 is 19.9 Å². The average molecular weight is 329 g/mol. The number of benzene rings is 1. The molecule has 6 heteroatoms. The minimum atomic E-state index is 0.671. The summed E-state index contributed by atoms with van der Waals surface area (Å²) in [5, 5.41) is 6.64. The lowest BCUT2D eigenvalue weighted by Gasteiger charge is -2.15. The van der Waals surface area contributed by atoms with Crippen molar-refractivity contribution in [2.75, 3.05) is 20.2 Å². The van der Waals surface area contributed by atoms with Gasteiger partial charge in [-0.2, -0.15) is 0 Å². The fraction of sp³-hybridized carbons (Fsp3) is 0.444. The molecule has 0 spiro atoms. The van der Waals surface area contributed by atoms with E-state index in [1.807, 2.05) is 17.1 Å². The minimum Gasteiger partial charge on any atom is -0.493 e. The van der Waals surface area contributed by atoms with Crippen molar-refractivity contribution in [2.45, 2.75) is 33.4 Å². The van der Waals surface area contributed by atoms with Gasteiger partial charge in [-0.1, -0.05) is 19.1 Å². The third-order valence-electron chi connectivity index (χ3n) is 3.58. The van der Waals surface area contributed by atoms with E-state index in [-0.39, 0.29) is 0 Å². The molecule has 0 fully saturated rings. The van der Waals surface area contributed by atoms with E-state index >= 15 is 0 Å². The van der Waals surface area contributed by atoms with Crippen LogP contribution in [0.5, 0.6) is 5.75 Å². The van der Waals surface area contributed by atoms with Crippen LogP contribution in [0.3, 0.4) is 0 Å². The van der Waals surface area contributed by atoms with Crippen LogP contribution in [-0.4, -0.2) is 35.7 Å². The standard InChI is InChI=1S/C18H27N5O/c1-4-11-24-17-12-15(2)5-6-16(17)13-22-18(19-3)21-8-10-23-9-7-20-14-23/h5-7,9,12,14H,4,8,10-11,13H2,1-3H3,(H2,19,21,22). The summed E-state index contributed by atoms with van der Waals surface area (Å²) in [7, 11) is 1.77. The Morgan fingerprint density at radius 2 is 2.21 bits per heavy atom. The SMILES string of the molecule is CCCOc1cc(C)ccc1CNC(=NC)NCCn1ccnc1. The first-order valence-electron chi connectivity index (χ1n) is 8.35. The molecule has 0 atom stereocenters. The zero-order chi connectivity index (χ0) is 17.2.